The van der Waals surface area contributed by atoms with E-state index >= 15 is 0 Å². The molecule has 0 aromatic rings. The van der Waals surface area contributed by atoms with Crippen molar-refractivity contribution >= 4 is 28.6 Å². The molecule has 1 aliphatic rings. The Morgan fingerprint density at radius 1 is 1.26 bits per heavy atom. The molecule has 0 aromatic heterocycles. The highest BCUT2D eigenvalue weighted by Crippen LogP contribution is 2.20. The minimum atomic E-state index is -0.457. The van der Waals surface area contributed by atoms with Crippen LogP contribution in [0.2, 0.25) is 0 Å². The summed E-state index contributed by atoms with van der Waals surface area (Å²) in [6.45, 7) is 7.00. The fourth-order valence-electron chi connectivity index (χ4n) is 1.97. The Labute approximate surface area is 151 Å². The summed E-state index contributed by atoms with van der Waals surface area (Å²) in [6, 6.07) is 0. The minimum absolute atomic E-state index is 0.331. The zero-order valence-corrected chi connectivity index (χ0v) is 15.9. The van der Waals surface area contributed by atoms with E-state index in [-0.39, 0.29) is 12.4 Å². The first-order valence-electron chi connectivity index (χ1n) is 7.77. The molecule has 0 N–H and O–H groups in total. The lowest BCUT2D eigenvalue weighted by Crippen LogP contribution is -2.40. The summed E-state index contributed by atoms with van der Waals surface area (Å²) in [5.41, 5.74) is 0. The van der Waals surface area contributed by atoms with Crippen LogP contribution in [0.3, 0.4) is 0 Å². The quantitative estimate of drug-likeness (QED) is 0.130. The first-order chi connectivity index (χ1) is 11.1. The second-order valence-corrected chi connectivity index (χ2v) is 5.44. The van der Waals surface area contributed by atoms with Gasteiger partial charge in [0.05, 0.1) is 11.0 Å². The summed E-state index contributed by atoms with van der Waals surface area (Å²) in [5.74, 6) is -0.410. The number of carbonyl (C=O) groups excluding carboxylic acids is 1. The average Bonchev–Trinajstić information content (AvgIpc) is 2.54. The molecule has 132 valence electrons. The Morgan fingerprint density at radius 2 is 2.04 bits per heavy atom. The first kappa shape index (κ1) is 20.6. The standard InChI is InChI=1S/C16H25IO6/c1-4-19-14(18)9-7-12-13(23-16(11-17)21-6-3)8-10-15(22-12)20-5-2/h7-10,12-13,15-16H,4-6,11H2,1-3H3/b9-7+/t12-,13+,15+,16+/m1/s1. The van der Waals surface area contributed by atoms with Crippen molar-refractivity contribution < 1.29 is 28.5 Å². The molecule has 0 saturated heterocycles. The lowest BCUT2D eigenvalue weighted by Gasteiger charge is -2.32. The maximum absolute atomic E-state index is 11.5. The third kappa shape index (κ3) is 7.75. The van der Waals surface area contributed by atoms with Crippen molar-refractivity contribution in [3.8, 4) is 0 Å². The van der Waals surface area contributed by atoms with Crippen LogP contribution in [0.1, 0.15) is 20.8 Å². The molecule has 4 atom stereocenters. The van der Waals surface area contributed by atoms with Gasteiger partial charge >= 0.3 is 5.97 Å². The third-order valence-corrected chi connectivity index (χ3v) is 3.62. The van der Waals surface area contributed by atoms with Gasteiger partial charge in [-0.3, -0.25) is 0 Å². The smallest absolute Gasteiger partial charge is 0.330 e. The molecule has 0 spiro atoms. The van der Waals surface area contributed by atoms with Gasteiger partial charge in [0.25, 0.3) is 0 Å². The van der Waals surface area contributed by atoms with Gasteiger partial charge in [0.15, 0.2) is 12.6 Å². The second kappa shape index (κ2) is 12.0. The van der Waals surface area contributed by atoms with Crippen LogP contribution in [0.5, 0.6) is 0 Å². The predicted octanol–water partition coefficient (Wildman–Crippen LogP) is 2.61. The SMILES string of the molecule is CCOC(=O)/C=C/[C@H]1O[C@H](OCC)C=C[C@@H]1O[C@@H](CI)OCC. The monoisotopic (exact) mass is 440 g/mol. The highest BCUT2D eigenvalue weighted by atomic mass is 127. The van der Waals surface area contributed by atoms with Crippen LogP contribution < -0.4 is 0 Å². The van der Waals surface area contributed by atoms with E-state index in [1.165, 1.54) is 6.08 Å². The Kier molecular flexibility index (Phi) is 10.7. The van der Waals surface area contributed by atoms with E-state index in [4.69, 9.17) is 23.7 Å². The predicted molar refractivity (Wildman–Crippen MR) is 94.4 cm³/mol. The molecule has 6 nitrogen and oxygen atoms in total. The average molecular weight is 440 g/mol. The fourth-order valence-corrected chi connectivity index (χ4v) is 2.43. The van der Waals surface area contributed by atoms with E-state index in [2.05, 4.69) is 22.6 Å². The maximum Gasteiger partial charge on any atom is 0.330 e. The summed E-state index contributed by atoms with van der Waals surface area (Å²) in [4.78, 5) is 11.5. The van der Waals surface area contributed by atoms with Gasteiger partial charge in [0, 0.05) is 19.3 Å². The second-order valence-electron chi connectivity index (χ2n) is 4.56. The number of ether oxygens (including phenoxy) is 5. The van der Waals surface area contributed by atoms with E-state index in [1.54, 1.807) is 19.1 Å². The van der Waals surface area contributed by atoms with Gasteiger partial charge in [-0.05, 0) is 32.9 Å². The lowest BCUT2D eigenvalue weighted by molar-refractivity contribution is -0.202. The van der Waals surface area contributed by atoms with Crippen LogP contribution in [-0.4, -0.2) is 55.0 Å². The third-order valence-electron chi connectivity index (χ3n) is 2.90. The molecule has 0 aliphatic carbocycles. The summed E-state index contributed by atoms with van der Waals surface area (Å²) >= 11 is 2.20. The van der Waals surface area contributed by atoms with E-state index < -0.39 is 18.4 Å². The van der Waals surface area contributed by atoms with E-state index in [1.807, 2.05) is 19.9 Å². The molecule has 0 bridgehead atoms. The highest BCUT2D eigenvalue weighted by molar-refractivity contribution is 14.1. The zero-order valence-electron chi connectivity index (χ0n) is 13.8. The van der Waals surface area contributed by atoms with Crippen molar-refractivity contribution in [3.05, 3.63) is 24.3 Å². The number of halogens is 1. The van der Waals surface area contributed by atoms with Crippen LogP contribution in [0.4, 0.5) is 0 Å². The largest absolute Gasteiger partial charge is 0.463 e. The zero-order chi connectivity index (χ0) is 17.1. The molecule has 1 heterocycles. The van der Waals surface area contributed by atoms with Gasteiger partial charge in [-0.2, -0.15) is 0 Å². The van der Waals surface area contributed by atoms with Gasteiger partial charge in [0.2, 0.25) is 0 Å². The van der Waals surface area contributed by atoms with Crippen LogP contribution in [0, 0.1) is 0 Å². The summed E-state index contributed by atoms with van der Waals surface area (Å²) in [5, 5.41) is 0. The topological polar surface area (TPSA) is 63.2 Å². The van der Waals surface area contributed by atoms with Crippen molar-refractivity contribution in [3.63, 3.8) is 0 Å². The van der Waals surface area contributed by atoms with Crippen molar-refractivity contribution in [2.75, 3.05) is 24.2 Å². The number of alkyl halides is 1. The fraction of sp³-hybridized carbons (Fsp3) is 0.688. The van der Waals surface area contributed by atoms with Crippen molar-refractivity contribution in [1.82, 2.24) is 0 Å². The highest BCUT2D eigenvalue weighted by Gasteiger charge is 2.28. The van der Waals surface area contributed by atoms with Gasteiger partial charge in [-0.1, -0.05) is 28.7 Å². The Hall–Kier alpha value is -0.480. The van der Waals surface area contributed by atoms with Crippen LogP contribution in [-0.2, 0) is 28.5 Å². The lowest BCUT2D eigenvalue weighted by atomic mass is 10.1. The Bertz CT molecular complexity index is 398. The summed E-state index contributed by atoms with van der Waals surface area (Å²) in [7, 11) is 0. The number of rotatable bonds is 10. The molecule has 0 amide bonds. The normalized spacial score (nSPS) is 25.7. The van der Waals surface area contributed by atoms with Crippen LogP contribution >= 0.6 is 22.6 Å². The van der Waals surface area contributed by atoms with Gasteiger partial charge in [0.1, 0.15) is 12.2 Å². The molecule has 1 aliphatic heterocycles. The number of hydrogen-bond acceptors (Lipinski definition) is 6. The van der Waals surface area contributed by atoms with E-state index in [9.17, 15) is 4.79 Å². The number of carbonyl (C=O) groups is 1. The molecule has 0 fully saturated rings. The van der Waals surface area contributed by atoms with Gasteiger partial charge in [-0.15, -0.1) is 0 Å². The molecule has 23 heavy (non-hydrogen) atoms. The number of hydrogen-bond donors (Lipinski definition) is 0. The molecule has 0 unspecified atom stereocenters. The van der Waals surface area contributed by atoms with Gasteiger partial charge < -0.3 is 23.7 Å². The molecule has 0 radical (unpaired) electrons. The van der Waals surface area contributed by atoms with E-state index in [0.29, 0.717) is 24.2 Å². The molecular weight excluding hydrogens is 415 g/mol. The van der Waals surface area contributed by atoms with Crippen LogP contribution in [0.25, 0.3) is 0 Å². The Balaban J connectivity index is 2.76. The molecule has 0 aromatic carbocycles. The number of esters is 1. The first-order valence-corrected chi connectivity index (χ1v) is 9.30. The van der Waals surface area contributed by atoms with Gasteiger partial charge in [-0.25, -0.2) is 4.79 Å². The van der Waals surface area contributed by atoms with Crippen LogP contribution in [0.15, 0.2) is 24.3 Å². The minimum Gasteiger partial charge on any atom is -0.463 e. The van der Waals surface area contributed by atoms with E-state index in [0.717, 1.165) is 0 Å². The summed E-state index contributed by atoms with van der Waals surface area (Å²) in [6.07, 6.45) is 5.07. The molecule has 7 heteroatoms. The van der Waals surface area contributed by atoms with Crippen molar-refractivity contribution in [2.24, 2.45) is 0 Å². The maximum atomic E-state index is 11.5. The van der Waals surface area contributed by atoms with Crippen molar-refractivity contribution in [1.29, 1.82) is 0 Å². The van der Waals surface area contributed by atoms with Crippen molar-refractivity contribution in [2.45, 2.75) is 45.6 Å². The molecule has 0 saturated carbocycles. The Morgan fingerprint density at radius 3 is 2.65 bits per heavy atom. The molecule has 1 rings (SSSR count). The summed E-state index contributed by atoms with van der Waals surface area (Å²) < 4.78 is 28.3. The molecular formula is C16H25IO6.